The molecule has 0 radical (unpaired) electrons. The van der Waals surface area contributed by atoms with Gasteiger partial charge in [-0.15, -0.1) is 0 Å². The number of alkyl halides is 2. The summed E-state index contributed by atoms with van der Waals surface area (Å²) in [5.74, 6) is 0.557. The van der Waals surface area contributed by atoms with E-state index in [1.165, 1.54) is 13.2 Å². The SMILES string of the molecule is COc1cc(-c2cnc3cc(OCC4(C)CN(C(=O)OC(C)(C)C)C4)ccn23)cc(OC(F)F)c1C(=O)CC1CC1. The predicted octanol–water partition coefficient (Wildman–Crippen LogP) is 6.23. The molecule has 41 heavy (non-hydrogen) atoms. The van der Waals surface area contributed by atoms with E-state index in [2.05, 4.69) is 4.98 Å². The van der Waals surface area contributed by atoms with Crippen LogP contribution in [0, 0.1) is 11.3 Å². The summed E-state index contributed by atoms with van der Waals surface area (Å²) in [4.78, 5) is 31.3. The number of ether oxygens (including phenoxy) is 4. The Labute approximate surface area is 237 Å². The largest absolute Gasteiger partial charge is 0.496 e. The molecule has 220 valence electrons. The molecule has 1 amide bonds. The monoisotopic (exact) mass is 571 g/mol. The molecule has 1 saturated heterocycles. The lowest BCUT2D eigenvalue weighted by Gasteiger charge is -2.47. The van der Waals surface area contributed by atoms with Crippen LogP contribution in [-0.2, 0) is 4.74 Å². The van der Waals surface area contributed by atoms with Crippen molar-refractivity contribution in [2.24, 2.45) is 11.3 Å². The number of hydrogen-bond acceptors (Lipinski definition) is 7. The maximum atomic E-state index is 13.3. The zero-order valence-corrected chi connectivity index (χ0v) is 23.9. The second-order valence-corrected chi connectivity index (χ2v) is 12.2. The van der Waals surface area contributed by atoms with Crippen molar-refractivity contribution >= 4 is 17.5 Å². The number of amides is 1. The third-order valence-electron chi connectivity index (χ3n) is 7.12. The highest BCUT2D eigenvalue weighted by molar-refractivity contribution is 6.02. The quantitative estimate of drug-likeness (QED) is 0.267. The lowest BCUT2D eigenvalue weighted by atomic mass is 9.83. The zero-order chi connectivity index (χ0) is 29.5. The lowest BCUT2D eigenvalue weighted by Crippen LogP contribution is -2.60. The first kappa shape index (κ1) is 28.6. The fourth-order valence-electron chi connectivity index (χ4n) is 4.99. The molecule has 5 rings (SSSR count). The van der Waals surface area contributed by atoms with Crippen LogP contribution in [0.25, 0.3) is 16.9 Å². The number of benzene rings is 1. The summed E-state index contributed by atoms with van der Waals surface area (Å²) in [6.07, 6.45) is 5.22. The van der Waals surface area contributed by atoms with Gasteiger partial charge in [-0.05, 0) is 57.7 Å². The number of likely N-dealkylation sites (tertiary alicyclic amines) is 1. The highest BCUT2D eigenvalue weighted by atomic mass is 19.3. The van der Waals surface area contributed by atoms with Crippen LogP contribution in [-0.4, -0.2) is 65.2 Å². The molecule has 2 aromatic heterocycles. The number of rotatable bonds is 10. The standard InChI is InChI=1S/C30H35F2N3O6/c1-29(2,3)41-28(37)34-15-30(4,16-34)17-39-20-8-9-35-21(14-33-25(35)13-20)19-11-23(38-5)26(22(36)10-18-6-7-18)24(12-19)40-27(31)32/h8-9,11-14,18,27H,6-7,10,15-17H2,1-5H3. The number of Topliss-reactive ketones (excluding diaryl/α,β-unsaturated/α-hetero) is 1. The van der Waals surface area contributed by atoms with Crippen molar-refractivity contribution < 1.29 is 37.3 Å². The number of halogens is 2. The van der Waals surface area contributed by atoms with E-state index in [0.29, 0.717) is 42.4 Å². The third kappa shape index (κ3) is 6.55. The number of ketones is 1. The smallest absolute Gasteiger partial charge is 0.410 e. The highest BCUT2D eigenvalue weighted by Crippen LogP contribution is 2.40. The van der Waals surface area contributed by atoms with Gasteiger partial charge in [0, 0.05) is 42.8 Å². The Morgan fingerprint density at radius 1 is 1.15 bits per heavy atom. The Morgan fingerprint density at radius 2 is 1.85 bits per heavy atom. The van der Waals surface area contributed by atoms with Crippen molar-refractivity contribution in [2.45, 2.75) is 59.2 Å². The molecule has 3 aromatic rings. The number of imidazole rings is 1. The molecule has 2 aliphatic rings. The number of carbonyl (C=O) groups is 2. The number of carbonyl (C=O) groups excluding carboxylic acids is 2. The molecule has 0 bridgehead atoms. The van der Waals surface area contributed by atoms with E-state index in [4.69, 9.17) is 18.9 Å². The average Bonchev–Trinajstić information content (AvgIpc) is 3.58. The second kappa shape index (κ2) is 10.8. The molecular formula is C30H35F2N3O6. The van der Waals surface area contributed by atoms with Crippen LogP contribution >= 0.6 is 0 Å². The van der Waals surface area contributed by atoms with Gasteiger partial charge in [-0.25, -0.2) is 9.78 Å². The van der Waals surface area contributed by atoms with Crippen LogP contribution < -0.4 is 14.2 Å². The van der Waals surface area contributed by atoms with E-state index in [1.54, 1.807) is 39.9 Å². The summed E-state index contributed by atoms with van der Waals surface area (Å²) < 4.78 is 50.2. The molecule has 1 aromatic carbocycles. The average molecular weight is 572 g/mol. The van der Waals surface area contributed by atoms with Gasteiger partial charge in [0.15, 0.2) is 5.78 Å². The highest BCUT2D eigenvalue weighted by Gasteiger charge is 2.43. The van der Waals surface area contributed by atoms with Crippen LogP contribution in [0.1, 0.15) is 57.3 Å². The molecule has 1 saturated carbocycles. The van der Waals surface area contributed by atoms with E-state index < -0.39 is 12.2 Å². The normalized spacial score (nSPS) is 16.4. The Bertz CT molecular complexity index is 1450. The predicted molar refractivity (Wildman–Crippen MR) is 147 cm³/mol. The number of aromatic nitrogens is 2. The molecule has 0 unspecified atom stereocenters. The second-order valence-electron chi connectivity index (χ2n) is 12.2. The van der Waals surface area contributed by atoms with E-state index in [0.717, 1.165) is 12.8 Å². The number of pyridine rings is 1. The van der Waals surface area contributed by atoms with Crippen LogP contribution in [0.2, 0.25) is 0 Å². The molecular weight excluding hydrogens is 536 g/mol. The Kier molecular flexibility index (Phi) is 7.56. The molecule has 3 heterocycles. The van der Waals surface area contributed by atoms with Crippen molar-refractivity contribution in [3.8, 4) is 28.5 Å². The number of methoxy groups -OCH3 is 1. The van der Waals surface area contributed by atoms with Gasteiger partial charge < -0.3 is 23.8 Å². The van der Waals surface area contributed by atoms with Crippen LogP contribution in [0.4, 0.5) is 13.6 Å². The summed E-state index contributed by atoms with van der Waals surface area (Å²) in [6.45, 7) is 5.92. The Balaban J connectivity index is 1.32. The van der Waals surface area contributed by atoms with Gasteiger partial charge in [-0.3, -0.25) is 9.20 Å². The van der Waals surface area contributed by atoms with Gasteiger partial charge >= 0.3 is 12.7 Å². The van der Waals surface area contributed by atoms with E-state index in [9.17, 15) is 18.4 Å². The minimum Gasteiger partial charge on any atom is -0.496 e. The number of fused-ring (bicyclic) bond motifs is 1. The Hall–Kier alpha value is -3.89. The molecule has 9 nitrogen and oxygen atoms in total. The van der Waals surface area contributed by atoms with Crippen molar-refractivity contribution in [1.82, 2.24) is 14.3 Å². The van der Waals surface area contributed by atoms with Gasteiger partial charge in [0.05, 0.1) is 25.6 Å². The summed E-state index contributed by atoms with van der Waals surface area (Å²) in [5.41, 5.74) is 0.962. The molecule has 0 spiro atoms. The van der Waals surface area contributed by atoms with Crippen molar-refractivity contribution in [3.05, 3.63) is 42.2 Å². The number of hydrogen-bond donors (Lipinski definition) is 0. The topological polar surface area (TPSA) is 91.6 Å². The summed E-state index contributed by atoms with van der Waals surface area (Å²) in [7, 11) is 1.40. The fraction of sp³-hybridized carbons (Fsp3) is 0.500. The summed E-state index contributed by atoms with van der Waals surface area (Å²) >= 11 is 0. The van der Waals surface area contributed by atoms with Crippen LogP contribution in [0.15, 0.2) is 36.7 Å². The molecule has 1 aliphatic heterocycles. The molecule has 2 fully saturated rings. The van der Waals surface area contributed by atoms with Gasteiger partial charge in [0.1, 0.15) is 34.1 Å². The molecule has 0 N–H and O–H groups in total. The first-order valence-electron chi connectivity index (χ1n) is 13.6. The van der Waals surface area contributed by atoms with Gasteiger partial charge in [-0.1, -0.05) is 6.92 Å². The first-order valence-corrected chi connectivity index (χ1v) is 13.6. The minimum atomic E-state index is -3.10. The molecule has 1 aliphatic carbocycles. The molecule has 0 atom stereocenters. The zero-order valence-electron chi connectivity index (χ0n) is 23.9. The van der Waals surface area contributed by atoms with Crippen LogP contribution in [0.5, 0.6) is 17.2 Å². The Morgan fingerprint density at radius 3 is 2.49 bits per heavy atom. The van der Waals surface area contributed by atoms with Gasteiger partial charge in [0.25, 0.3) is 0 Å². The molecule has 11 heteroatoms. The van der Waals surface area contributed by atoms with E-state index in [1.807, 2.05) is 27.7 Å². The van der Waals surface area contributed by atoms with Crippen molar-refractivity contribution in [2.75, 3.05) is 26.8 Å². The summed E-state index contributed by atoms with van der Waals surface area (Å²) in [6, 6.07) is 6.63. The van der Waals surface area contributed by atoms with Crippen molar-refractivity contribution in [3.63, 3.8) is 0 Å². The number of nitrogens with zero attached hydrogens (tertiary/aromatic N) is 3. The lowest BCUT2D eigenvalue weighted by molar-refractivity contribution is -0.0502. The minimum absolute atomic E-state index is 0.0303. The van der Waals surface area contributed by atoms with Crippen molar-refractivity contribution in [1.29, 1.82) is 0 Å². The fourth-order valence-corrected chi connectivity index (χ4v) is 4.99. The third-order valence-corrected chi connectivity index (χ3v) is 7.12. The van der Waals surface area contributed by atoms with Gasteiger partial charge in [0.2, 0.25) is 0 Å². The van der Waals surface area contributed by atoms with Crippen LogP contribution in [0.3, 0.4) is 0 Å². The van der Waals surface area contributed by atoms with Gasteiger partial charge in [-0.2, -0.15) is 8.78 Å². The van der Waals surface area contributed by atoms with E-state index >= 15 is 0 Å². The maximum absolute atomic E-state index is 13.3. The van der Waals surface area contributed by atoms with E-state index in [-0.39, 0.29) is 46.7 Å². The summed E-state index contributed by atoms with van der Waals surface area (Å²) in [5, 5.41) is 0. The first-order chi connectivity index (χ1) is 19.3. The maximum Gasteiger partial charge on any atom is 0.410 e.